The molecule has 140 valence electrons. The molecule has 1 aromatic carbocycles. The number of ether oxygens (including phenoxy) is 1. The van der Waals surface area contributed by atoms with Crippen LogP contribution >= 0.6 is 0 Å². The molecule has 0 amide bonds. The maximum atomic E-state index is 13.3. The molecule has 0 radical (unpaired) electrons. The van der Waals surface area contributed by atoms with E-state index in [0.29, 0.717) is 18.4 Å². The Bertz CT molecular complexity index is 748. The second-order valence-electron chi connectivity index (χ2n) is 6.73. The molecule has 1 aliphatic rings. The minimum Gasteiger partial charge on any atom is -0.450 e. The topological polar surface area (TPSA) is 26.3 Å². The molecule has 26 heavy (non-hydrogen) atoms. The van der Waals surface area contributed by atoms with E-state index in [1.54, 1.807) is 6.08 Å². The highest BCUT2D eigenvalue weighted by atomic mass is 19.2. The van der Waals surface area contributed by atoms with Crippen LogP contribution in [0, 0.1) is 17.5 Å². The molecule has 0 saturated carbocycles. The van der Waals surface area contributed by atoms with Crippen LogP contribution in [0.4, 0.5) is 13.2 Å². The van der Waals surface area contributed by atoms with E-state index in [2.05, 4.69) is 26.0 Å². The van der Waals surface area contributed by atoms with Gasteiger partial charge in [0.15, 0.2) is 17.5 Å². The Morgan fingerprint density at radius 2 is 1.73 bits per heavy atom. The highest BCUT2D eigenvalue weighted by Crippen LogP contribution is 2.31. The van der Waals surface area contributed by atoms with Crippen molar-refractivity contribution in [2.24, 2.45) is 0 Å². The van der Waals surface area contributed by atoms with Gasteiger partial charge in [-0.2, -0.15) is 0 Å². The molecule has 1 heterocycles. The van der Waals surface area contributed by atoms with Crippen LogP contribution in [0.3, 0.4) is 0 Å². The number of hydrogen-bond donors (Lipinski definition) is 0. The summed E-state index contributed by atoms with van der Waals surface area (Å²) in [6.45, 7) is 6.17. The standard InChI is InChI=1S/C21H23F3O2/c1-13(2)6-4-7-14(3)8-5-9-15-12-19(26-21(15)25)16-10-17(22)20(24)18(23)11-16/h6,8,10-12,19H,4-5,7,9H2,1-3H3/b14-8+/t19-/m0/s1. The number of benzene rings is 1. The Balaban J connectivity index is 1.97. The normalized spacial score (nSPS) is 17.2. The minimum absolute atomic E-state index is 0.0817. The van der Waals surface area contributed by atoms with Crippen LogP contribution in [0.5, 0.6) is 0 Å². The minimum atomic E-state index is -1.53. The summed E-state index contributed by atoms with van der Waals surface area (Å²) in [6, 6.07) is 1.70. The van der Waals surface area contributed by atoms with Crippen LogP contribution < -0.4 is 0 Å². The van der Waals surface area contributed by atoms with Gasteiger partial charge in [0.05, 0.1) is 0 Å². The summed E-state index contributed by atoms with van der Waals surface area (Å²) in [4.78, 5) is 11.9. The molecular weight excluding hydrogens is 341 g/mol. The van der Waals surface area contributed by atoms with Gasteiger partial charge in [-0.15, -0.1) is 0 Å². The smallest absolute Gasteiger partial charge is 0.334 e. The number of esters is 1. The van der Waals surface area contributed by atoms with Crippen LogP contribution in [-0.4, -0.2) is 5.97 Å². The third-order valence-corrected chi connectivity index (χ3v) is 4.18. The van der Waals surface area contributed by atoms with Crippen molar-refractivity contribution in [3.8, 4) is 0 Å². The average Bonchev–Trinajstić information content (AvgIpc) is 2.93. The molecule has 0 N–H and O–H groups in total. The van der Waals surface area contributed by atoms with Crippen molar-refractivity contribution in [2.75, 3.05) is 0 Å². The van der Waals surface area contributed by atoms with Gasteiger partial charge in [0.25, 0.3) is 0 Å². The van der Waals surface area contributed by atoms with Crippen molar-refractivity contribution in [2.45, 2.75) is 52.6 Å². The van der Waals surface area contributed by atoms with E-state index >= 15 is 0 Å². The summed E-state index contributed by atoms with van der Waals surface area (Å²) < 4.78 is 44.9. The summed E-state index contributed by atoms with van der Waals surface area (Å²) in [7, 11) is 0. The lowest BCUT2D eigenvalue weighted by molar-refractivity contribution is -0.140. The number of carbonyl (C=O) groups excluding carboxylic acids is 1. The fourth-order valence-corrected chi connectivity index (χ4v) is 2.73. The summed E-state index contributed by atoms with van der Waals surface area (Å²) in [6.07, 6.45) is 8.04. The number of halogens is 3. The molecule has 2 nitrogen and oxygen atoms in total. The largest absolute Gasteiger partial charge is 0.450 e. The lowest BCUT2D eigenvalue weighted by Crippen LogP contribution is -2.04. The molecule has 0 aromatic heterocycles. The highest BCUT2D eigenvalue weighted by Gasteiger charge is 2.27. The molecule has 2 rings (SSSR count). The molecule has 0 saturated heterocycles. The molecule has 1 atom stereocenters. The van der Waals surface area contributed by atoms with E-state index in [9.17, 15) is 18.0 Å². The SMILES string of the molecule is CC(C)=CCC/C(C)=C/CCC1=C[C@@H](c2cc(F)c(F)c(F)c2)OC1=O. The number of cyclic esters (lactones) is 1. The monoisotopic (exact) mass is 364 g/mol. The average molecular weight is 364 g/mol. The van der Waals surface area contributed by atoms with Gasteiger partial charge >= 0.3 is 5.97 Å². The molecule has 0 unspecified atom stereocenters. The second kappa shape index (κ2) is 8.88. The van der Waals surface area contributed by atoms with Gasteiger partial charge in [0, 0.05) is 11.1 Å². The van der Waals surface area contributed by atoms with Gasteiger partial charge in [-0.25, -0.2) is 18.0 Å². The summed E-state index contributed by atoms with van der Waals surface area (Å²) in [5.74, 6) is -4.63. The summed E-state index contributed by atoms with van der Waals surface area (Å²) in [5, 5.41) is 0. The molecule has 0 bridgehead atoms. The second-order valence-corrected chi connectivity index (χ2v) is 6.73. The Morgan fingerprint density at radius 1 is 1.08 bits per heavy atom. The van der Waals surface area contributed by atoms with Gasteiger partial charge in [-0.05, 0) is 64.7 Å². The number of hydrogen-bond acceptors (Lipinski definition) is 2. The Labute approximate surface area is 152 Å². The van der Waals surface area contributed by atoms with Gasteiger partial charge in [-0.1, -0.05) is 23.3 Å². The lowest BCUT2D eigenvalue weighted by atomic mass is 10.0. The fourth-order valence-electron chi connectivity index (χ4n) is 2.73. The summed E-state index contributed by atoms with van der Waals surface area (Å²) in [5.41, 5.74) is 3.08. The highest BCUT2D eigenvalue weighted by molar-refractivity contribution is 5.91. The Hall–Kier alpha value is -2.30. The van der Waals surface area contributed by atoms with Crippen LogP contribution in [0.25, 0.3) is 0 Å². The zero-order chi connectivity index (χ0) is 19.3. The van der Waals surface area contributed by atoms with Crippen LogP contribution in [-0.2, 0) is 9.53 Å². The van der Waals surface area contributed by atoms with Crippen molar-refractivity contribution in [1.82, 2.24) is 0 Å². The maximum Gasteiger partial charge on any atom is 0.334 e. The first-order chi connectivity index (χ1) is 12.3. The first kappa shape index (κ1) is 20.0. The van der Waals surface area contributed by atoms with Gasteiger partial charge in [0.1, 0.15) is 6.10 Å². The fraction of sp³-hybridized carbons (Fsp3) is 0.381. The van der Waals surface area contributed by atoms with Gasteiger partial charge in [-0.3, -0.25) is 0 Å². The van der Waals surface area contributed by atoms with Crippen molar-refractivity contribution < 1.29 is 22.7 Å². The zero-order valence-electron chi connectivity index (χ0n) is 15.2. The predicted molar refractivity (Wildman–Crippen MR) is 94.9 cm³/mol. The molecule has 0 aliphatic carbocycles. The first-order valence-corrected chi connectivity index (χ1v) is 8.63. The molecule has 1 aromatic rings. The third kappa shape index (κ3) is 5.35. The van der Waals surface area contributed by atoms with Gasteiger partial charge < -0.3 is 4.74 Å². The van der Waals surface area contributed by atoms with Crippen molar-refractivity contribution in [3.05, 3.63) is 70.1 Å². The molecule has 0 fully saturated rings. The molecular formula is C21H23F3O2. The lowest BCUT2D eigenvalue weighted by Gasteiger charge is -2.09. The van der Waals surface area contributed by atoms with Gasteiger partial charge in [0.2, 0.25) is 0 Å². The van der Waals surface area contributed by atoms with E-state index in [4.69, 9.17) is 4.74 Å². The van der Waals surface area contributed by atoms with Crippen LogP contribution in [0.1, 0.15) is 58.1 Å². The summed E-state index contributed by atoms with van der Waals surface area (Å²) >= 11 is 0. The predicted octanol–water partition coefficient (Wildman–Crippen LogP) is 6.10. The number of allylic oxidation sites excluding steroid dienone is 4. The van der Waals surface area contributed by atoms with E-state index in [1.165, 1.54) is 11.1 Å². The third-order valence-electron chi connectivity index (χ3n) is 4.18. The number of rotatable bonds is 7. The Kier molecular flexibility index (Phi) is 6.83. The van der Waals surface area contributed by atoms with E-state index in [1.807, 2.05) is 6.92 Å². The van der Waals surface area contributed by atoms with E-state index in [0.717, 1.165) is 25.0 Å². The van der Waals surface area contributed by atoms with Crippen molar-refractivity contribution >= 4 is 5.97 Å². The molecule has 1 aliphatic heterocycles. The maximum absolute atomic E-state index is 13.3. The zero-order valence-corrected chi connectivity index (χ0v) is 15.2. The van der Waals surface area contributed by atoms with E-state index in [-0.39, 0.29) is 5.56 Å². The quantitative estimate of drug-likeness (QED) is 0.332. The first-order valence-electron chi connectivity index (χ1n) is 8.63. The number of carbonyl (C=O) groups is 1. The van der Waals surface area contributed by atoms with Crippen LogP contribution in [0.2, 0.25) is 0 Å². The molecule has 5 heteroatoms. The molecule has 0 spiro atoms. The van der Waals surface area contributed by atoms with Crippen molar-refractivity contribution in [3.63, 3.8) is 0 Å². The Morgan fingerprint density at radius 3 is 2.35 bits per heavy atom. The van der Waals surface area contributed by atoms with Crippen LogP contribution in [0.15, 0.2) is 47.1 Å². The van der Waals surface area contributed by atoms with Crippen molar-refractivity contribution in [1.29, 1.82) is 0 Å². The van der Waals surface area contributed by atoms with E-state index < -0.39 is 29.5 Å².